The maximum atomic E-state index is 12.4. The number of nitrogens with one attached hydrogen (secondary N) is 1. The minimum atomic E-state index is 0.0791. The quantitative estimate of drug-likeness (QED) is 0.536. The van der Waals surface area contributed by atoms with Crippen LogP contribution in [0, 0.1) is 5.92 Å². The van der Waals surface area contributed by atoms with Crippen molar-refractivity contribution < 1.29 is 4.79 Å². The van der Waals surface area contributed by atoms with Gasteiger partial charge < -0.3 is 10.2 Å². The monoisotopic (exact) mass is 419 g/mol. The van der Waals surface area contributed by atoms with Gasteiger partial charge in [0.1, 0.15) is 5.82 Å². The Balaban J connectivity index is 1.10. The van der Waals surface area contributed by atoms with Gasteiger partial charge in [-0.2, -0.15) is 4.80 Å². The number of carbonyl (C=O) groups is 1. The topological polar surface area (TPSA) is 88.8 Å². The molecule has 0 aliphatic carbocycles. The minimum Gasteiger partial charge on any atom is -0.310 e. The Morgan fingerprint density at radius 2 is 1.74 bits per heavy atom. The van der Waals surface area contributed by atoms with Gasteiger partial charge in [0.05, 0.1) is 6.54 Å². The molecule has 2 aromatic heterocycles. The first kappa shape index (κ1) is 21.1. The van der Waals surface area contributed by atoms with E-state index in [1.807, 2.05) is 48.5 Å². The summed E-state index contributed by atoms with van der Waals surface area (Å²) in [6.07, 6.45) is 6.81. The third kappa shape index (κ3) is 6.18. The molecule has 0 saturated carbocycles. The van der Waals surface area contributed by atoms with Crippen molar-refractivity contribution in [3.8, 4) is 11.4 Å². The summed E-state index contributed by atoms with van der Waals surface area (Å²) in [5.74, 6) is 1.48. The molecule has 4 rings (SSSR count). The second-order valence-electron chi connectivity index (χ2n) is 7.96. The van der Waals surface area contributed by atoms with Gasteiger partial charge in [-0.1, -0.05) is 42.8 Å². The predicted octanol–water partition coefficient (Wildman–Crippen LogP) is 3.26. The molecule has 3 heterocycles. The zero-order chi connectivity index (χ0) is 21.3. The van der Waals surface area contributed by atoms with Crippen molar-refractivity contribution in [1.82, 2.24) is 30.1 Å². The van der Waals surface area contributed by atoms with E-state index in [9.17, 15) is 4.79 Å². The second-order valence-corrected chi connectivity index (χ2v) is 7.96. The zero-order valence-electron chi connectivity index (χ0n) is 17.7. The standard InChI is InChI=1S/C23H29N7O/c31-23(25-21-11-5-6-14-24-21)20-12-17-29(18-13-20)15-7-2-8-16-30-27-22(26-28-30)19-9-3-1-4-10-19/h1,3-6,9-11,14,20H,2,7-8,12-13,15-18H2,(H,24,25,31). The Kier molecular flexibility index (Phi) is 7.33. The third-order valence-corrected chi connectivity index (χ3v) is 5.69. The van der Waals surface area contributed by atoms with Crippen molar-refractivity contribution in [1.29, 1.82) is 0 Å². The van der Waals surface area contributed by atoms with Gasteiger partial charge in [0.2, 0.25) is 11.7 Å². The number of likely N-dealkylation sites (tertiary alicyclic amines) is 1. The Bertz CT molecular complexity index is 937. The zero-order valence-corrected chi connectivity index (χ0v) is 17.7. The van der Waals surface area contributed by atoms with Crippen LogP contribution in [0.2, 0.25) is 0 Å². The van der Waals surface area contributed by atoms with Gasteiger partial charge in [0, 0.05) is 17.7 Å². The number of hydrogen-bond acceptors (Lipinski definition) is 6. The molecule has 0 atom stereocenters. The van der Waals surface area contributed by atoms with Crippen molar-refractivity contribution in [3.63, 3.8) is 0 Å². The Hall–Kier alpha value is -3.13. The van der Waals surface area contributed by atoms with E-state index < -0.39 is 0 Å². The van der Waals surface area contributed by atoms with Crippen LogP contribution < -0.4 is 5.32 Å². The number of amides is 1. The first-order chi connectivity index (χ1) is 15.3. The van der Waals surface area contributed by atoms with Crippen LogP contribution in [0.1, 0.15) is 32.1 Å². The number of piperidine rings is 1. The van der Waals surface area contributed by atoms with Crippen LogP contribution >= 0.6 is 0 Å². The lowest BCUT2D eigenvalue weighted by Gasteiger charge is -2.31. The molecule has 8 nitrogen and oxygen atoms in total. The molecule has 1 aliphatic rings. The molecule has 1 fully saturated rings. The second kappa shape index (κ2) is 10.8. The van der Waals surface area contributed by atoms with Gasteiger partial charge in [0.25, 0.3) is 0 Å². The third-order valence-electron chi connectivity index (χ3n) is 5.69. The van der Waals surface area contributed by atoms with E-state index in [2.05, 4.69) is 30.6 Å². The maximum absolute atomic E-state index is 12.4. The number of carbonyl (C=O) groups excluding carboxylic acids is 1. The fraction of sp³-hybridized carbons (Fsp3) is 0.435. The Morgan fingerprint density at radius 1 is 0.968 bits per heavy atom. The van der Waals surface area contributed by atoms with Gasteiger partial charge in [-0.15, -0.1) is 10.2 Å². The Morgan fingerprint density at radius 3 is 2.52 bits per heavy atom. The average Bonchev–Trinajstić information content (AvgIpc) is 3.29. The fourth-order valence-electron chi connectivity index (χ4n) is 3.89. The van der Waals surface area contributed by atoms with Crippen LogP contribution in [0.4, 0.5) is 5.82 Å². The molecule has 0 spiro atoms. The summed E-state index contributed by atoms with van der Waals surface area (Å²) < 4.78 is 0. The number of anilines is 1. The van der Waals surface area contributed by atoms with Crippen LogP contribution in [-0.2, 0) is 11.3 Å². The normalized spacial score (nSPS) is 15.1. The summed E-state index contributed by atoms with van der Waals surface area (Å²) in [5, 5.41) is 15.7. The maximum Gasteiger partial charge on any atom is 0.228 e. The highest BCUT2D eigenvalue weighted by Crippen LogP contribution is 2.19. The summed E-state index contributed by atoms with van der Waals surface area (Å²) >= 11 is 0. The van der Waals surface area contributed by atoms with Crippen LogP contribution in [0.25, 0.3) is 11.4 Å². The molecule has 0 unspecified atom stereocenters. The first-order valence-corrected chi connectivity index (χ1v) is 11.1. The van der Waals surface area contributed by atoms with E-state index in [1.54, 1.807) is 11.0 Å². The lowest BCUT2D eigenvalue weighted by molar-refractivity contribution is -0.121. The lowest BCUT2D eigenvalue weighted by Crippen LogP contribution is -2.38. The van der Waals surface area contributed by atoms with Crippen LogP contribution in [0.15, 0.2) is 54.7 Å². The number of tetrazole rings is 1. The summed E-state index contributed by atoms with van der Waals surface area (Å²) in [5.41, 5.74) is 0.992. The van der Waals surface area contributed by atoms with Gasteiger partial charge in [-0.25, -0.2) is 4.98 Å². The molecule has 31 heavy (non-hydrogen) atoms. The number of unbranched alkanes of at least 4 members (excludes halogenated alkanes) is 2. The van der Waals surface area contributed by atoms with Crippen LogP contribution in [0.3, 0.4) is 0 Å². The molecule has 0 bridgehead atoms. The highest BCUT2D eigenvalue weighted by molar-refractivity contribution is 5.91. The van der Waals surface area contributed by atoms with Gasteiger partial charge >= 0.3 is 0 Å². The largest absolute Gasteiger partial charge is 0.310 e. The SMILES string of the molecule is O=C(Nc1ccccn1)C1CCN(CCCCCn2nnc(-c3ccccc3)n2)CC1. The van der Waals surface area contributed by atoms with E-state index in [1.165, 1.54) is 0 Å². The number of nitrogens with zero attached hydrogens (tertiary/aromatic N) is 6. The molecule has 1 aliphatic heterocycles. The van der Waals surface area contributed by atoms with Crippen molar-refractivity contribution >= 4 is 11.7 Å². The van der Waals surface area contributed by atoms with E-state index in [4.69, 9.17) is 0 Å². The lowest BCUT2D eigenvalue weighted by atomic mass is 9.95. The first-order valence-electron chi connectivity index (χ1n) is 11.1. The predicted molar refractivity (Wildman–Crippen MR) is 119 cm³/mol. The van der Waals surface area contributed by atoms with Crippen molar-refractivity contribution in [2.45, 2.75) is 38.6 Å². The highest BCUT2D eigenvalue weighted by Gasteiger charge is 2.24. The van der Waals surface area contributed by atoms with E-state index in [0.29, 0.717) is 11.6 Å². The van der Waals surface area contributed by atoms with Gasteiger partial charge in [-0.05, 0) is 62.7 Å². The number of pyridine rings is 1. The summed E-state index contributed by atoms with van der Waals surface area (Å²) in [4.78, 5) is 20.7. The molecule has 1 aromatic carbocycles. The molecule has 3 aromatic rings. The minimum absolute atomic E-state index is 0.0791. The smallest absolute Gasteiger partial charge is 0.228 e. The molecule has 1 amide bonds. The number of benzene rings is 1. The summed E-state index contributed by atoms with van der Waals surface area (Å²) in [6, 6.07) is 15.5. The molecular formula is C23H29N7O. The summed E-state index contributed by atoms with van der Waals surface area (Å²) in [6.45, 7) is 3.82. The van der Waals surface area contributed by atoms with Gasteiger partial charge in [-0.3, -0.25) is 4.79 Å². The highest BCUT2D eigenvalue weighted by atomic mass is 16.1. The molecule has 1 N–H and O–H groups in total. The van der Waals surface area contributed by atoms with E-state index in [-0.39, 0.29) is 11.8 Å². The molecule has 8 heteroatoms. The van der Waals surface area contributed by atoms with Crippen molar-refractivity contribution in [2.24, 2.45) is 5.92 Å². The number of hydrogen-bond donors (Lipinski definition) is 1. The van der Waals surface area contributed by atoms with Crippen LogP contribution in [-0.4, -0.2) is 55.6 Å². The molecular weight excluding hydrogens is 390 g/mol. The van der Waals surface area contributed by atoms with Crippen LogP contribution in [0.5, 0.6) is 0 Å². The number of aromatic nitrogens is 5. The fourth-order valence-corrected chi connectivity index (χ4v) is 3.89. The van der Waals surface area contributed by atoms with Crippen molar-refractivity contribution in [3.05, 3.63) is 54.7 Å². The van der Waals surface area contributed by atoms with Crippen molar-refractivity contribution in [2.75, 3.05) is 25.0 Å². The average molecular weight is 420 g/mol. The molecule has 1 saturated heterocycles. The van der Waals surface area contributed by atoms with Gasteiger partial charge in [0.15, 0.2) is 0 Å². The molecule has 0 radical (unpaired) electrons. The number of rotatable bonds is 9. The van der Waals surface area contributed by atoms with E-state index >= 15 is 0 Å². The molecule has 162 valence electrons. The van der Waals surface area contributed by atoms with E-state index in [0.717, 1.165) is 63.8 Å². The Labute approximate surface area is 182 Å². The summed E-state index contributed by atoms with van der Waals surface area (Å²) in [7, 11) is 0. The number of aryl methyl sites for hydroxylation is 1.